The molecular weight excluding hydrogens is 276 g/mol. The molecule has 22 heavy (non-hydrogen) atoms. The molecule has 5 heteroatoms. The molecule has 0 atom stereocenters. The first-order valence-electron chi connectivity index (χ1n) is 7.17. The number of hydrogen-bond acceptors (Lipinski definition) is 3. The van der Waals surface area contributed by atoms with Crippen molar-refractivity contribution >= 4 is 16.8 Å². The highest BCUT2D eigenvalue weighted by Gasteiger charge is 2.12. The van der Waals surface area contributed by atoms with Crippen LogP contribution < -0.4 is 5.32 Å². The second-order valence-electron chi connectivity index (χ2n) is 5.45. The van der Waals surface area contributed by atoms with Gasteiger partial charge in [0, 0.05) is 24.8 Å². The van der Waals surface area contributed by atoms with Crippen molar-refractivity contribution in [2.45, 2.75) is 20.4 Å². The lowest BCUT2D eigenvalue weighted by Crippen LogP contribution is -2.25. The summed E-state index contributed by atoms with van der Waals surface area (Å²) in [7, 11) is 1.90. The summed E-state index contributed by atoms with van der Waals surface area (Å²) < 4.78 is 1.88. The van der Waals surface area contributed by atoms with Crippen molar-refractivity contribution in [3.63, 3.8) is 0 Å². The molecule has 0 spiro atoms. The van der Waals surface area contributed by atoms with Crippen LogP contribution in [0.25, 0.3) is 10.9 Å². The first-order chi connectivity index (χ1) is 10.5. The Morgan fingerprint density at radius 2 is 2.09 bits per heavy atom. The second-order valence-corrected chi connectivity index (χ2v) is 5.45. The summed E-state index contributed by atoms with van der Waals surface area (Å²) in [5, 5.41) is 3.88. The lowest BCUT2D eigenvalue weighted by atomic mass is 10.1. The number of imidazole rings is 1. The molecule has 0 aliphatic carbocycles. The Kier molecular flexibility index (Phi) is 3.63. The van der Waals surface area contributed by atoms with Gasteiger partial charge in [-0.2, -0.15) is 0 Å². The number of nitrogens with zero attached hydrogens (tertiary/aromatic N) is 3. The monoisotopic (exact) mass is 294 g/mol. The zero-order valence-electron chi connectivity index (χ0n) is 12.9. The van der Waals surface area contributed by atoms with Crippen LogP contribution in [0.4, 0.5) is 0 Å². The molecule has 0 saturated heterocycles. The van der Waals surface area contributed by atoms with Gasteiger partial charge in [-0.25, -0.2) is 4.98 Å². The van der Waals surface area contributed by atoms with Gasteiger partial charge in [0.15, 0.2) is 0 Å². The Morgan fingerprint density at radius 3 is 2.82 bits per heavy atom. The predicted octanol–water partition coefficient (Wildman–Crippen LogP) is 2.52. The van der Waals surface area contributed by atoms with Crippen LogP contribution in [-0.2, 0) is 13.6 Å². The quantitative estimate of drug-likeness (QED) is 0.807. The molecule has 3 rings (SSSR count). The van der Waals surface area contributed by atoms with Crippen molar-refractivity contribution in [3.8, 4) is 0 Å². The van der Waals surface area contributed by atoms with Crippen molar-refractivity contribution in [1.82, 2.24) is 19.9 Å². The van der Waals surface area contributed by atoms with E-state index in [9.17, 15) is 4.79 Å². The van der Waals surface area contributed by atoms with Gasteiger partial charge >= 0.3 is 0 Å². The molecule has 0 unspecified atom stereocenters. The molecule has 1 amide bonds. The van der Waals surface area contributed by atoms with Crippen molar-refractivity contribution < 1.29 is 4.79 Å². The fourth-order valence-corrected chi connectivity index (χ4v) is 2.44. The van der Waals surface area contributed by atoms with Gasteiger partial charge < -0.3 is 9.88 Å². The number of amides is 1. The average molecular weight is 294 g/mol. The van der Waals surface area contributed by atoms with Gasteiger partial charge in [-0.1, -0.05) is 11.6 Å². The van der Waals surface area contributed by atoms with Crippen LogP contribution in [0.2, 0.25) is 0 Å². The summed E-state index contributed by atoms with van der Waals surface area (Å²) in [5.74, 6) is 0.687. The highest BCUT2D eigenvalue weighted by atomic mass is 16.1. The molecule has 5 nitrogen and oxygen atoms in total. The topological polar surface area (TPSA) is 59.8 Å². The summed E-state index contributed by atoms with van der Waals surface area (Å²) in [6, 6.07) is 7.94. The molecule has 2 aromatic heterocycles. The molecule has 0 fully saturated rings. The third kappa shape index (κ3) is 2.70. The van der Waals surface area contributed by atoms with E-state index in [-0.39, 0.29) is 5.91 Å². The standard InChI is InChI=1S/C17H18N4O/c1-11-4-5-15-13(8-11)9-14(12(2)20-15)17(22)19-10-16-18-6-7-21(16)3/h4-9H,10H2,1-3H3,(H,19,22). The summed E-state index contributed by atoms with van der Waals surface area (Å²) >= 11 is 0. The highest BCUT2D eigenvalue weighted by Crippen LogP contribution is 2.18. The Balaban J connectivity index is 1.87. The van der Waals surface area contributed by atoms with Gasteiger partial charge in [-0.15, -0.1) is 0 Å². The molecule has 0 aliphatic rings. The number of aryl methyl sites for hydroxylation is 3. The van der Waals surface area contributed by atoms with E-state index in [4.69, 9.17) is 0 Å². The van der Waals surface area contributed by atoms with Crippen LogP contribution in [-0.4, -0.2) is 20.4 Å². The van der Waals surface area contributed by atoms with Crippen molar-refractivity contribution in [2.75, 3.05) is 0 Å². The second kappa shape index (κ2) is 5.60. The number of nitrogens with one attached hydrogen (secondary N) is 1. The van der Waals surface area contributed by atoms with Crippen LogP contribution in [0.3, 0.4) is 0 Å². The molecule has 3 aromatic rings. The minimum Gasteiger partial charge on any atom is -0.345 e. The maximum absolute atomic E-state index is 12.4. The van der Waals surface area contributed by atoms with E-state index in [0.29, 0.717) is 12.1 Å². The number of benzene rings is 1. The lowest BCUT2D eigenvalue weighted by Gasteiger charge is -2.09. The first kappa shape index (κ1) is 14.3. The van der Waals surface area contributed by atoms with Crippen LogP contribution in [0.1, 0.15) is 27.4 Å². The smallest absolute Gasteiger partial charge is 0.253 e. The molecule has 2 heterocycles. The van der Waals surface area contributed by atoms with E-state index in [1.54, 1.807) is 6.20 Å². The van der Waals surface area contributed by atoms with Crippen LogP contribution in [0.15, 0.2) is 36.7 Å². The zero-order chi connectivity index (χ0) is 15.7. The predicted molar refractivity (Wildman–Crippen MR) is 85.6 cm³/mol. The number of rotatable bonds is 3. The normalized spacial score (nSPS) is 10.9. The maximum atomic E-state index is 12.4. The minimum atomic E-state index is -0.128. The minimum absolute atomic E-state index is 0.128. The van der Waals surface area contributed by atoms with Gasteiger partial charge in [-0.05, 0) is 32.0 Å². The van der Waals surface area contributed by atoms with Crippen molar-refractivity contribution in [3.05, 3.63) is 59.3 Å². The molecule has 0 bridgehead atoms. The third-order valence-electron chi connectivity index (χ3n) is 3.73. The average Bonchev–Trinajstić information content (AvgIpc) is 2.90. The molecule has 1 N–H and O–H groups in total. The Labute approximate surface area is 129 Å². The zero-order valence-corrected chi connectivity index (χ0v) is 12.9. The number of carbonyl (C=O) groups excluding carboxylic acids is 1. The van der Waals surface area contributed by atoms with Gasteiger partial charge in [0.25, 0.3) is 5.91 Å². The third-order valence-corrected chi connectivity index (χ3v) is 3.73. The van der Waals surface area contributed by atoms with Crippen molar-refractivity contribution in [1.29, 1.82) is 0 Å². The van der Waals surface area contributed by atoms with E-state index in [2.05, 4.69) is 15.3 Å². The van der Waals surface area contributed by atoms with Crippen molar-refractivity contribution in [2.24, 2.45) is 7.05 Å². The van der Waals surface area contributed by atoms with Crippen LogP contribution in [0.5, 0.6) is 0 Å². The van der Waals surface area contributed by atoms with E-state index >= 15 is 0 Å². The maximum Gasteiger partial charge on any atom is 0.253 e. The molecule has 0 saturated carbocycles. The number of aromatic nitrogens is 3. The summed E-state index contributed by atoms with van der Waals surface area (Å²) in [4.78, 5) is 21.1. The Bertz CT molecular complexity index is 851. The summed E-state index contributed by atoms with van der Waals surface area (Å²) in [5.41, 5.74) is 3.39. The SMILES string of the molecule is Cc1ccc2nc(C)c(C(=O)NCc3nccn3C)cc2c1. The largest absolute Gasteiger partial charge is 0.345 e. The summed E-state index contributed by atoms with van der Waals surface area (Å²) in [6.07, 6.45) is 3.57. The molecular formula is C17H18N4O. The van der Waals surface area contributed by atoms with Gasteiger partial charge in [0.2, 0.25) is 0 Å². The van der Waals surface area contributed by atoms with Crippen LogP contribution >= 0.6 is 0 Å². The van der Waals surface area contributed by atoms with E-state index in [1.807, 2.05) is 55.9 Å². The Morgan fingerprint density at radius 1 is 1.27 bits per heavy atom. The molecule has 1 aromatic carbocycles. The van der Waals surface area contributed by atoms with E-state index in [1.165, 1.54) is 0 Å². The van der Waals surface area contributed by atoms with Gasteiger partial charge in [0.1, 0.15) is 5.82 Å². The lowest BCUT2D eigenvalue weighted by molar-refractivity contribution is 0.0948. The number of hydrogen-bond donors (Lipinski definition) is 1. The van der Waals surface area contributed by atoms with Gasteiger partial charge in [-0.3, -0.25) is 9.78 Å². The molecule has 0 aliphatic heterocycles. The summed E-state index contributed by atoms with van der Waals surface area (Å²) in [6.45, 7) is 4.28. The Hall–Kier alpha value is -2.69. The fourth-order valence-electron chi connectivity index (χ4n) is 2.44. The number of carbonyl (C=O) groups is 1. The highest BCUT2D eigenvalue weighted by molar-refractivity contribution is 5.98. The van der Waals surface area contributed by atoms with Gasteiger partial charge in [0.05, 0.1) is 23.3 Å². The van der Waals surface area contributed by atoms with E-state index in [0.717, 1.165) is 28.0 Å². The first-order valence-corrected chi connectivity index (χ1v) is 7.17. The van der Waals surface area contributed by atoms with Crippen LogP contribution in [0, 0.1) is 13.8 Å². The molecule has 0 radical (unpaired) electrons. The number of pyridine rings is 1. The fraction of sp³-hybridized carbons (Fsp3) is 0.235. The molecule has 112 valence electrons. The van der Waals surface area contributed by atoms with E-state index < -0.39 is 0 Å². The number of fused-ring (bicyclic) bond motifs is 1.